The topological polar surface area (TPSA) is 257 Å². The van der Waals surface area contributed by atoms with Gasteiger partial charge >= 0.3 is 0 Å². The highest BCUT2D eigenvalue weighted by atomic mass is 19.1. The van der Waals surface area contributed by atoms with E-state index >= 15 is 4.39 Å². The molecular weight excluding hydrogens is 666 g/mol. The zero-order valence-corrected chi connectivity index (χ0v) is 25.5. The number of aromatic amines is 2. The zero-order chi connectivity index (χ0) is 34.4. The van der Waals surface area contributed by atoms with Crippen LogP contribution in [0.15, 0.2) is 52.6 Å². The Bertz CT molecular complexity index is 2060. The second kappa shape index (κ2) is 14.2. The van der Waals surface area contributed by atoms with Crippen LogP contribution in [0.5, 0.6) is 0 Å². The molecule has 3 saturated heterocycles. The van der Waals surface area contributed by atoms with Crippen LogP contribution in [0.25, 0.3) is 22.3 Å². The van der Waals surface area contributed by atoms with Gasteiger partial charge < -0.3 is 49.8 Å². The third kappa shape index (κ3) is 6.32. The fourth-order valence-corrected chi connectivity index (χ4v) is 6.13. The number of aliphatic hydroxyl groups excluding tert-OH is 2. The quantitative estimate of drug-likeness (QED) is 0.145. The molecule has 7 heterocycles. The van der Waals surface area contributed by atoms with Gasteiger partial charge in [0, 0.05) is 5.56 Å². The number of nitrogens with two attached hydrogens (primary N) is 2. The largest absolute Gasteiger partial charge is 0.394 e. The lowest BCUT2D eigenvalue weighted by atomic mass is 9.98. The van der Waals surface area contributed by atoms with E-state index in [1.807, 2.05) is 30.3 Å². The smallest absolute Gasteiger partial charge is 0.280 e. The first-order chi connectivity index (χ1) is 23.6. The van der Waals surface area contributed by atoms with Gasteiger partial charge in [-0.05, 0) is 0 Å². The predicted molar refractivity (Wildman–Crippen MR) is 172 cm³/mol. The van der Waals surface area contributed by atoms with E-state index in [1.54, 1.807) is 0 Å². The van der Waals surface area contributed by atoms with Crippen LogP contribution >= 0.6 is 0 Å². The van der Waals surface area contributed by atoms with E-state index in [9.17, 15) is 19.1 Å². The van der Waals surface area contributed by atoms with Gasteiger partial charge in [-0.25, -0.2) is 18.7 Å². The molecule has 0 amide bonds. The predicted octanol–water partition coefficient (Wildman–Crippen LogP) is 0.0631. The molecule has 9 atom stereocenters. The number of ether oxygens (including phenoxy) is 4. The summed E-state index contributed by atoms with van der Waals surface area (Å²) in [4.78, 5) is 44.3. The number of halogens is 2. The molecule has 50 heavy (non-hydrogen) atoms. The van der Waals surface area contributed by atoms with Gasteiger partial charge in [0.25, 0.3) is 11.1 Å². The van der Waals surface area contributed by atoms with Crippen molar-refractivity contribution < 1.29 is 37.9 Å². The Balaban J connectivity index is 0.000000177. The minimum absolute atomic E-state index is 0. The Hall–Kier alpha value is -4.86. The summed E-state index contributed by atoms with van der Waals surface area (Å²) in [5, 5.41) is 18.8. The summed E-state index contributed by atoms with van der Waals surface area (Å²) in [6, 6.07) is 7.68. The Labute approximate surface area is 281 Å². The highest BCUT2D eigenvalue weighted by Crippen LogP contribution is 2.37. The summed E-state index contributed by atoms with van der Waals surface area (Å²) in [6.07, 6.45) is -4.95. The van der Waals surface area contributed by atoms with Gasteiger partial charge in [0.2, 0.25) is 11.9 Å². The van der Waals surface area contributed by atoms with Gasteiger partial charge in [0.1, 0.15) is 24.4 Å². The maximum absolute atomic E-state index is 15.5. The highest BCUT2D eigenvalue weighted by molar-refractivity contribution is 5.71. The minimum Gasteiger partial charge on any atom is -0.394 e. The third-order valence-electron chi connectivity index (χ3n) is 8.64. The van der Waals surface area contributed by atoms with Gasteiger partial charge in [0.15, 0.2) is 41.0 Å². The number of nitrogen functional groups attached to an aromatic ring is 2. The van der Waals surface area contributed by atoms with Crippen LogP contribution in [-0.2, 0) is 18.9 Å². The molecule has 1 aromatic carbocycles. The molecule has 4 aromatic heterocycles. The molecule has 3 aliphatic heterocycles. The Morgan fingerprint density at radius 2 is 1.40 bits per heavy atom. The molecule has 268 valence electrons. The average Bonchev–Trinajstić information content (AvgIpc) is 3.72. The molecule has 0 saturated carbocycles. The van der Waals surface area contributed by atoms with Crippen molar-refractivity contribution in [3.8, 4) is 0 Å². The minimum atomic E-state index is -1.70. The maximum atomic E-state index is 15.5. The summed E-state index contributed by atoms with van der Waals surface area (Å²) in [5.41, 5.74) is 11.4. The van der Waals surface area contributed by atoms with E-state index in [0.29, 0.717) is 0 Å². The number of benzene rings is 1. The number of nitrogens with one attached hydrogen (secondary N) is 2. The molecule has 18 nitrogen and oxygen atoms in total. The number of H-pyrrole nitrogens is 2. The van der Waals surface area contributed by atoms with E-state index in [4.69, 9.17) is 35.5 Å². The molecule has 8 rings (SSSR count). The lowest BCUT2D eigenvalue weighted by Crippen LogP contribution is -2.54. The van der Waals surface area contributed by atoms with Crippen molar-refractivity contribution in [2.75, 3.05) is 37.9 Å². The molecule has 0 spiro atoms. The average molecular weight is 703 g/mol. The van der Waals surface area contributed by atoms with Crippen molar-refractivity contribution in [3.63, 3.8) is 0 Å². The van der Waals surface area contributed by atoms with E-state index in [-0.39, 0.29) is 61.5 Å². The van der Waals surface area contributed by atoms with E-state index in [1.165, 1.54) is 21.8 Å². The summed E-state index contributed by atoms with van der Waals surface area (Å²) >= 11 is 0. The second-order valence-electron chi connectivity index (χ2n) is 11.7. The number of aliphatic hydroxyl groups is 2. The molecule has 0 bridgehead atoms. The van der Waals surface area contributed by atoms with Gasteiger partial charge in [-0.15, -0.1) is 0 Å². The van der Waals surface area contributed by atoms with E-state index in [2.05, 4.69) is 29.9 Å². The second-order valence-corrected chi connectivity index (χ2v) is 11.7. The van der Waals surface area contributed by atoms with Gasteiger partial charge in [0.05, 0.1) is 51.2 Å². The number of fused-ring (bicyclic) bond motifs is 3. The first-order valence-corrected chi connectivity index (χ1v) is 15.2. The molecular formula is C30H36F2N10O8. The molecule has 5 aromatic rings. The zero-order valence-electron chi connectivity index (χ0n) is 25.5. The fourth-order valence-electron chi connectivity index (χ4n) is 6.13. The van der Waals surface area contributed by atoms with Crippen LogP contribution < -0.4 is 22.6 Å². The molecule has 0 radical (unpaired) electrons. The lowest BCUT2D eigenvalue weighted by Gasteiger charge is -2.44. The normalized spacial score (nSPS) is 29.5. The summed E-state index contributed by atoms with van der Waals surface area (Å²) in [6.45, 7) is -0.273. The van der Waals surface area contributed by atoms with Gasteiger partial charge in [-0.2, -0.15) is 9.97 Å². The van der Waals surface area contributed by atoms with E-state index in [0.717, 1.165) is 5.56 Å². The number of anilines is 2. The monoisotopic (exact) mass is 702 g/mol. The molecule has 3 aliphatic rings. The van der Waals surface area contributed by atoms with Crippen LogP contribution in [-0.4, -0.2) is 112 Å². The first-order valence-electron chi connectivity index (χ1n) is 15.2. The summed E-state index contributed by atoms with van der Waals surface area (Å²) < 4.78 is 55.3. The van der Waals surface area contributed by atoms with Gasteiger partial charge in [-0.1, -0.05) is 37.8 Å². The van der Waals surface area contributed by atoms with Crippen molar-refractivity contribution in [2.45, 2.75) is 62.6 Å². The molecule has 3 fully saturated rings. The van der Waals surface area contributed by atoms with Gasteiger partial charge in [-0.3, -0.25) is 19.6 Å². The van der Waals surface area contributed by atoms with Crippen LogP contribution in [0.1, 0.15) is 31.4 Å². The van der Waals surface area contributed by atoms with E-state index < -0.39 is 72.9 Å². The molecule has 20 heteroatoms. The Kier molecular flexibility index (Phi) is 9.91. The summed E-state index contributed by atoms with van der Waals surface area (Å²) in [5.74, 6) is -0.175. The Morgan fingerprint density at radius 3 is 1.98 bits per heavy atom. The van der Waals surface area contributed by atoms with Crippen molar-refractivity contribution in [1.82, 2.24) is 39.0 Å². The number of aromatic nitrogens is 8. The number of nitrogens with zero attached hydrogens (tertiary/aromatic N) is 6. The molecule has 8 N–H and O–H groups in total. The van der Waals surface area contributed by atoms with Crippen molar-refractivity contribution in [1.29, 1.82) is 0 Å². The molecule has 1 unspecified atom stereocenters. The SMILES string of the molecule is C.Nc1nc2c(ncn2[C@@H]2CO[C@@H]3COC(c4ccccc4)O[C@H]3[C@H]2F)c(=O)[nH]1.Nc1nc2c(ncn2[C@@H]2CO[C@H](CO)[C@@H](O)[C@H]2F)c(=O)[nH]1. The van der Waals surface area contributed by atoms with Crippen LogP contribution in [0.2, 0.25) is 0 Å². The van der Waals surface area contributed by atoms with Crippen molar-refractivity contribution in [3.05, 3.63) is 69.3 Å². The number of rotatable bonds is 4. The number of hydrogen-bond acceptors (Lipinski definition) is 14. The highest BCUT2D eigenvalue weighted by Gasteiger charge is 2.47. The Morgan fingerprint density at radius 1 is 0.840 bits per heavy atom. The molecule has 0 aliphatic carbocycles. The maximum Gasteiger partial charge on any atom is 0.280 e. The summed E-state index contributed by atoms with van der Waals surface area (Å²) in [7, 11) is 0. The number of hydrogen-bond donors (Lipinski definition) is 6. The number of imidazole rings is 2. The van der Waals surface area contributed by atoms with Crippen LogP contribution in [0.3, 0.4) is 0 Å². The lowest BCUT2D eigenvalue weighted by molar-refractivity contribution is -0.298. The van der Waals surface area contributed by atoms with Crippen molar-refractivity contribution in [2.24, 2.45) is 0 Å². The van der Waals surface area contributed by atoms with Crippen LogP contribution in [0.4, 0.5) is 20.7 Å². The van der Waals surface area contributed by atoms with Crippen molar-refractivity contribution >= 4 is 34.2 Å². The fraction of sp³-hybridized carbons (Fsp3) is 0.467. The van der Waals surface area contributed by atoms with Crippen LogP contribution in [0, 0.1) is 0 Å². The number of alkyl halides is 2. The third-order valence-corrected chi connectivity index (χ3v) is 8.64. The first kappa shape index (κ1) is 35.0. The standard InChI is InChI=1S/C18H18FN5O4.C11H14FN5O4.CH4/c19-12-10(24-8-21-13-15(24)22-18(20)23-16(13)25)6-26-11-7-27-17(28-14(11)12)9-4-2-1-3-5-9;12-6-4(2-21-5(1-18)8(6)19)17-3-14-7-9(17)15-11(13)16-10(7)20;/h1-5,8,10-12,14,17H,6-7H2,(H3,20,22,23,25);3-6,8,18-19H,1-2H2,(H3,13,15,16,20);1H4/t10-,11-,12+,14-,17?;4-,5-,6+,8-;/m11./s1.